The van der Waals surface area contributed by atoms with E-state index in [0.29, 0.717) is 0 Å². The fourth-order valence-corrected chi connectivity index (χ4v) is 3.36. The SMILES string of the molecule is CC1CCCCN1CCCN=C(N)N1CCCCCC1.I. The second-order valence-corrected chi connectivity index (χ2v) is 6.38. The van der Waals surface area contributed by atoms with Gasteiger partial charge in [0, 0.05) is 32.2 Å². The van der Waals surface area contributed by atoms with Gasteiger partial charge in [0.15, 0.2) is 5.96 Å². The summed E-state index contributed by atoms with van der Waals surface area (Å²) in [6.07, 6.45) is 10.5. The second-order valence-electron chi connectivity index (χ2n) is 6.38. The van der Waals surface area contributed by atoms with Crippen molar-refractivity contribution in [1.82, 2.24) is 9.80 Å². The predicted molar refractivity (Wildman–Crippen MR) is 101 cm³/mol. The van der Waals surface area contributed by atoms with Crippen molar-refractivity contribution < 1.29 is 0 Å². The molecule has 0 spiro atoms. The summed E-state index contributed by atoms with van der Waals surface area (Å²) in [7, 11) is 0. The minimum absolute atomic E-state index is 0. The topological polar surface area (TPSA) is 44.9 Å². The van der Waals surface area contributed by atoms with Crippen LogP contribution in [0.3, 0.4) is 0 Å². The lowest BCUT2D eigenvalue weighted by Crippen LogP contribution is -2.39. The first-order valence-corrected chi connectivity index (χ1v) is 8.56. The Labute approximate surface area is 147 Å². The van der Waals surface area contributed by atoms with Crippen molar-refractivity contribution in [2.24, 2.45) is 10.7 Å². The summed E-state index contributed by atoms with van der Waals surface area (Å²) in [5.41, 5.74) is 6.13. The number of likely N-dealkylation sites (tertiary alicyclic amines) is 2. The van der Waals surface area contributed by atoms with Gasteiger partial charge in [0.05, 0.1) is 0 Å². The zero-order chi connectivity index (χ0) is 14.2. The standard InChI is InChI=1S/C16H32N4.HI/c1-15-9-4-7-11-19(15)14-8-10-18-16(17)20-12-5-2-3-6-13-20;/h15H,2-14H2,1H3,(H2,17,18);1H. The van der Waals surface area contributed by atoms with Gasteiger partial charge < -0.3 is 15.5 Å². The quantitative estimate of drug-likeness (QED) is 0.337. The fraction of sp³-hybridized carbons (Fsp3) is 0.938. The zero-order valence-corrected chi connectivity index (χ0v) is 15.9. The van der Waals surface area contributed by atoms with Crippen molar-refractivity contribution in [3.05, 3.63) is 0 Å². The fourth-order valence-electron chi connectivity index (χ4n) is 3.36. The number of guanidine groups is 1. The summed E-state index contributed by atoms with van der Waals surface area (Å²) in [5.74, 6) is 0.776. The number of hydrogen-bond donors (Lipinski definition) is 1. The number of aliphatic imine (C=N–C) groups is 1. The van der Waals surface area contributed by atoms with Crippen molar-refractivity contribution in [3.8, 4) is 0 Å². The van der Waals surface area contributed by atoms with Crippen molar-refractivity contribution >= 4 is 29.9 Å². The minimum atomic E-state index is 0. The smallest absolute Gasteiger partial charge is 0.191 e. The molecule has 0 aromatic carbocycles. The summed E-state index contributed by atoms with van der Waals surface area (Å²) in [6.45, 7) is 7.88. The lowest BCUT2D eigenvalue weighted by molar-refractivity contribution is 0.160. The highest BCUT2D eigenvalue weighted by atomic mass is 127. The average molecular weight is 408 g/mol. The second kappa shape index (κ2) is 10.6. The Balaban J connectivity index is 0.00000220. The molecule has 0 amide bonds. The zero-order valence-electron chi connectivity index (χ0n) is 13.6. The number of hydrogen-bond acceptors (Lipinski definition) is 2. The number of piperidine rings is 1. The van der Waals surface area contributed by atoms with Gasteiger partial charge in [-0.25, -0.2) is 0 Å². The van der Waals surface area contributed by atoms with Crippen LogP contribution in [0.5, 0.6) is 0 Å². The maximum absolute atomic E-state index is 6.13. The molecule has 2 saturated heterocycles. The first kappa shape index (κ1) is 19.0. The monoisotopic (exact) mass is 408 g/mol. The summed E-state index contributed by atoms with van der Waals surface area (Å²) in [6, 6.07) is 0.760. The third-order valence-electron chi connectivity index (χ3n) is 4.75. The van der Waals surface area contributed by atoms with Gasteiger partial charge in [0.1, 0.15) is 0 Å². The normalized spacial score (nSPS) is 25.3. The van der Waals surface area contributed by atoms with Crippen LogP contribution in [-0.4, -0.2) is 54.5 Å². The van der Waals surface area contributed by atoms with E-state index < -0.39 is 0 Å². The molecular weight excluding hydrogens is 375 g/mol. The number of halogens is 1. The van der Waals surface area contributed by atoms with E-state index in [1.807, 2.05) is 0 Å². The molecule has 2 N–H and O–H groups in total. The van der Waals surface area contributed by atoms with Gasteiger partial charge in [-0.15, -0.1) is 24.0 Å². The van der Waals surface area contributed by atoms with E-state index in [2.05, 4.69) is 21.7 Å². The van der Waals surface area contributed by atoms with Crippen molar-refractivity contribution in [1.29, 1.82) is 0 Å². The van der Waals surface area contributed by atoms with Gasteiger partial charge in [-0.1, -0.05) is 19.3 Å². The molecule has 4 nitrogen and oxygen atoms in total. The van der Waals surface area contributed by atoms with Crippen LogP contribution in [0.25, 0.3) is 0 Å². The third-order valence-corrected chi connectivity index (χ3v) is 4.75. The van der Waals surface area contributed by atoms with Crippen LogP contribution < -0.4 is 5.73 Å². The van der Waals surface area contributed by atoms with Gasteiger partial charge in [0.2, 0.25) is 0 Å². The molecule has 5 heteroatoms. The summed E-state index contributed by atoms with van der Waals surface area (Å²) < 4.78 is 0. The molecule has 2 rings (SSSR count). The molecule has 0 aromatic rings. The maximum atomic E-state index is 6.13. The molecule has 2 fully saturated rings. The molecule has 0 saturated carbocycles. The summed E-state index contributed by atoms with van der Waals surface area (Å²) >= 11 is 0. The van der Waals surface area contributed by atoms with E-state index >= 15 is 0 Å². The third kappa shape index (κ3) is 6.72. The van der Waals surface area contributed by atoms with Crippen LogP contribution in [0.4, 0.5) is 0 Å². The van der Waals surface area contributed by atoms with Crippen LogP contribution in [-0.2, 0) is 0 Å². The van der Waals surface area contributed by atoms with Gasteiger partial charge in [-0.05, 0) is 45.6 Å². The first-order chi connectivity index (χ1) is 9.77. The van der Waals surface area contributed by atoms with E-state index in [1.165, 1.54) is 58.0 Å². The maximum Gasteiger partial charge on any atom is 0.191 e. The van der Waals surface area contributed by atoms with E-state index in [0.717, 1.165) is 38.1 Å². The van der Waals surface area contributed by atoms with Gasteiger partial charge in [0.25, 0.3) is 0 Å². The van der Waals surface area contributed by atoms with Crippen LogP contribution in [0.1, 0.15) is 58.3 Å². The highest BCUT2D eigenvalue weighted by Crippen LogP contribution is 2.16. The lowest BCUT2D eigenvalue weighted by Gasteiger charge is -2.33. The Morgan fingerprint density at radius 2 is 1.71 bits per heavy atom. The Morgan fingerprint density at radius 3 is 2.38 bits per heavy atom. The molecule has 124 valence electrons. The first-order valence-electron chi connectivity index (χ1n) is 8.56. The molecular formula is C16H33IN4. The molecule has 21 heavy (non-hydrogen) atoms. The van der Waals surface area contributed by atoms with E-state index in [4.69, 9.17) is 5.73 Å². The largest absolute Gasteiger partial charge is 0.370 e. The molecule has 2 heterocycles. The average Bonchev–Trinajstić information content (AvgIpc) is 2.74. The molecule has 1 atom stereocenters. The molecule has 0 radical (unpaired) electrons. The summed E-state index contributed by atoms with van der Waals surface area (Å²) in [5, 5.41) is 0. The van der Waals surface area contributed by atoms with Gasteiger partial charge in [-0.3, -0.25) is 4.99 Å². The lowest BCUT2D eigenvalue weighted by atomic mass is 10.0. The highest BCUT2D eigenvalue weighted by Gasteiger charge is 2.17. The number of nitrogens with two attached hydrogens (primary N) is 1. The van der Waals surface area contributed by atoms with E-state index in [-0.39, 0.29) is 24.0 Å². The van der Waals surface area contributed by atoms with E-state index in [9.17, 15) is 0 Å². The van der Waals surface area contributed by atoms with Gasteiger partial charge in [-0.2, -0.15) is 0 Å². The van der Waals surface area contributed by atoms with Crippen LogP contribution in [0.2, 0.25) is 0 Å². The molecule has 1 unspecified atom stereocenters. The number of rotatable bonds is 4. The Hall–Kier alpha value is -0.0400. The molecule has 0 aliphatic carbocycles. The molecule has 0 aromatic heterocycles. The van der Waals surface area contributed by atoms with Crippen LogP contribution >= 0.6 is 24.0 Å². The van der Waals surface area contributed by atoms with E-state index in [1.54, 1.807) is 0 Å². The van der Waals surface area contributed by atoms with Crippen molar-refractivity contribution in [2.75, 3.05) is 32.7 Å². The molecule has 0 bridgehead atoms. The van der Waals surface area contributed by atoms with Crippen molar-refractivity contribution in [2.45, 2.75) is 64.3 Å². The van der Waals surface area contributed by atoms with Crippen LogP contribution in [0, 0.1) is 0 Å². The Morgan fingerprint density at radius 1 is 1.05 bits per heavy atom. The van der Waals surface area contributed by atoms with Gasteiger partial charge >= 0.3 is 0 Å². The minimum Gasteiger partial charge on any atom is -0.370 e. The van der Waals surface area contributed by atoms with Crippen LogP contribution in [0.15, 0.2) is 4.99 Å². The van der Waals surface area contributed by atoms with Crippen molar-refractivity contribution in [3.63, 3.8) is 0 Å². The molecule has 2 aliphatic rings. The molecule has 2 aliphatic heterocycles. The Bertz CT molecular complexity index is 301. The Kier molecular flexibility index (Phi) is 9.64. The summed E-state index contributed by atoms with van der Waals surface area (Å²) in [4.78, 5) is 9.48. The highest BCUT2D eigenvalue weighted by molar-refractivity contribution is 14.0. The predicted octanol–water partition coefficient (Wildman–Crippen LogP) is 3.06. The number of nitrogens with zero attached hydrogens (tertiary/aromatic N) is 3.